The fourth-order valence-corrected chi connectivity index (χ4v) is 1.63. The van der Waals surface area contributed by atoms with Crippen LogP contribution in [0.3, 0.4) is 0 Å². The molecule has 7 nitrogen and oxygen atoms in total. The number of nitrogens with zero attached hydrogens (tertiary/aromatic N) is 1. The second-order valence-corrected chi connectivity index (χ2v) is 4.36. The summed E-state index contributed by atoms with van der Waals surface area (Å²) in [5, 5.41) is 3.92. The van der Waals surface area contributed by atoms with Crippen molar-refractivity contribution in [3.05, 3.63) is 23.8 Å². The maximum absolute atomic E-state index is 11.2. The van der Waals surface area contributed by atoms with E-state index in [1.165, 1.54) is 20.2 Å². The fraction of sp³-hybridized carbons (Fsp3) is 0.357. The number of carbonyl (C=O) groups is 2. The number of ether oxygens (including phenoxy) is 2. The van der Waals surface area contributed by atoms with E-state index >= 15 is 0 Å². The quantitative estimate of drug-likeness (QED) is 0.535. The van der Waals surface area contributed by atoms with E-state index in [1.54, 1.807) is 25.3 Å². The molecule has 3 N–H and O–H groups in total. The number of primary amides is 1. The van der Waals surface area contributed by atoms with Crippen LogP contribution in [-0.4, -0.2) is 38.2 Å². The zero-order valence-electron chi connectivity index (χ0n) is 12.3. The Morgan fingerprint density at radius 2 is 2.00 bits per heavy atom. The second kappa shape index (κ2) is 7.88. The lowest BCUT2D eigenvalue weighted by Crippen LogP contribution is -2.40. The zero-order valence-corrected chi connectivity index (χ0v) is 12.3. The molecule has 1 aromatic carbocycles. The maximum atomic E-state index is 11.2. The van der Waals surface area contributed by atoms with Gasteiger partial charge in [-0.1, -0.05) is 0 Å². The number of hydrogen-bond acceptors (Lipinski definition) is 6. The first-order valence-corrected chi connectivity index (χ1v) is 6.27. The van der Waals surface area contributed by atoms with Crippen molar-refractivity contribution < 1.29 is 19.1 Å². The highest BCUT2D eigenvalue weighted by molar-refractivity contribution is 5.87. The van der Waals surface area contributed by atoms with Crippen molar-refractivity contribution in [2.45, 2.75) is 19.4 Å². The van der Waals surface area contributed by atoms with Crippen LogP contribution < -0.4 is 20.6 Å². The molecule has 0 spiro atoms. The Bertz CT molecular complexity index is 543. The summed E-state index contributed by atoms with van der Waals surface area (Å²) in [6.07, 6.45) is 1.50. The molecule has 0 heterocycles. The monoisotopic (exact) mass is 293 g/mol. The molecule has 1 rings (SSSR count). The number of Topliss-reactive ketones (excluding diaryl/α,β-unsaturated/α-hetero) is 1. The third-order valence-electron chi connectivity index (χ3n) is 2.69. The minimum absolute atomic E-state index is 0.00138. The van der Waals surface area contributed by atoms with Crippen molar-refractivity contribution in [3.8, 4) is 11.5 Å². The lowest BCUT2D eigenvalue weighted by atomic mass is 10.1. The Hall–Kier alpha value is -2.57. The van der Waals surface area contributed by atoms with Crippen LogP contribution in [0, 0.1) is 0 Å². The average Bonchev–Trinajstić information content (AvgIpc) is 2.45. The van der Waals surface area contributed by atoms with E-state index < -0.39 is 11.9 Å². The number of nitrogens with one attached hydrogen (secondary N) is 1. The van der Waals surface area contributed by atoms with Gasteiger partial charge in [0.1, 0.15) is 11.8 Å². The van der Waals surface area contributed by atoms with Crippen molar-refractivity contribution in [3.63, 3.8) is 0 Å². The highest BCUT2D eigenvalue weighted by Gasteiger charge is 2.15. The normalized spacial score (nSPS) is 12.0. The molecule has 7 heteroatoms. The molecule has 0 aliphatic heterocycles. The largest absolute Gasteiger partial charge is 0.493 e. The van der Waals surface area contributed by atoms with Crippen LogP contribution >= 0.6 is 0 Å². The number of carbonyl (C=O) groups excluding carboxylic acids is 2. The van der Waals surface area contributed by atoms with Crippen LogP contribution in [0.1, 0.15) is 18.9 Å². The summed E-state index contributed by atoms with van der Waals surface area (Å²) in [5.41, 5.74) is 8.49. The van der Waals surface area contributed by atoms with Gasteiger partial charge in [-0.05, 0) is 30.7 Å². The van der Waals surface area contributed by atoms with Gasteiger partial charge in [0, 0.05) is 6.42 Å². The van der Waals surface area contributed by atoms with Crippen molar-refractivity contribution in [1.82, 2.24) is 5.43 Å². The molecule has 0 fully saturated rings. The van der Waals surface area contributed by atoms with Crippen molar-refractivity contribution in [1.29, 1.82) is 0 Å². The third kappa shape index (κ3) is 5.13. The van der Waals surface area contributed by atoms with Gasteiger partial charge >= 0.3 is 0 Å². The average molecular weight is 293 g/mol. The van der Waals surface area contributed by atoms with Crippen LogP contribution in [0.15, 0.2) is 23.3 Å². The topological polar surface area (TPSA) is 103 Å². The van der Waals surface area contributed by atoms with E-state index in [0.29, 0.717) is 11.5 Å². The summed E-state index contributed by atoms with van der Waals surface area (Å²) in [6, 6.07) is 4.42. The molecule has 0 aliphatic rings. The summed E-state index contributed by atoms with van der Waals surface area (Å²) in [7, 11) is 3.08. The molecule has 1 aromatic rings. The Balaban J connectivity index is 2.75. The molecule has 0 aliphatic carbocycles. The number of benzene rings is 1. The number of rotatable bonds is 8. The minimum atomic E-state index is -0.820. The first kappa shape index (κ1) is 16.5. The van der Waals surface area contributed by atoms with Crippen LogP contribution in [0.25, 0.3) is 0 Å². The molecule has 0 bridgehead atoms. The van der Waals surface area contributed by atoms with E-state index in [0.717, 1.165) is 5.56 Å². The van der Waals surface area contributed by atoms with Crippen molar-refractivity contribution >= 4 is 17.9 Å². The summed E-state index contributed by atoms with van der Waals surface area (Å²) in [5.74, 6) is 0.396. The van der Waals surface area contributed by atoms with Gasteiger partial charge in [0.15, 0.2) is 11.5 Å². The van der Waals surface area contributed by atoms with Gasteiger partial charge in [-0.25, -0.2) is 0 Å². The summed E-state index contributed by atoms with van der Waals surface area (Å²) in [6.45, 7) is 1.38. The van der Waals surface area contributed by atoms with Gasteiger partial charge in [0.2, 0.25) is 5.91 Å². The summed E-state index contributed by atoms with van der Waals surface area (Å²) in [4.78, 5) is 22.2. The predicted octanol–water partition coefficient (Wildman–Crippen LogP) is 0.460. The molecular formula is C14H19N3O4. The minimum Gasteiger partial charge on any atom is -0.493 e. The number of methoxy groups -OCH3 is 2. The van der Waals surface area contributed by atoms with Gasteiger partial charge in [0.25, 0.3) is 0 Å². The Kier molecular flexibility index (Phi) is 6.19. The van der Waals surface area contributed by atoms with Crippen LogP contribution in [-0.2, 0) is 9.59 Å². The molecule has 1 unspecified atom stereocenters. The number of hydrogen-bond donors (Lipinski definition) is 2. The van der Waals surface area contributed by atoms with Crippen LogP contribution in [0.4, 0.5) is 0 Å². The van der Waals surface area contributed by atoms with E-state index in [-0.39, 0.29) is 12.2 Å². The van der Waals surface area contributed by atoms with Gasteiger partial charge in [-0.3, -0.25) is 15.0 Å². The molecule has 1 atom stereocenters. The highest BCUT2D eigenvalue weighted by Crippen LogP contribution is 2.26. The molecule has 21 heavy (non-hydrogen) atoms. The van der Waals surface area contributed by atoms with E-state index in [2.05, 4.69) is 10.5 Å². The van der Waals surface area contributed by atoms with Gasteiger partial charge in [-0.15, -0.1) is 0 Å². The number of nitrogens with two attached hydrogens (primary N) is 1. The number of ketones is 1. The Morgan fingerprint density at radius 3 is 2.52 bits per heavy atom. The molecule has 0 aromatic heterocycles. The molecule has 1 amide bonds. The summed E-state index contributed by atoms with van der Waals surface area (Å²) < 4.78 is 10.3. The first-order valence-electron chi connectivity index (χ1n) is 6.27. The molecule has 0 saturated heterocycles. The predicted molar refractivity (Wildman–Crippen MR) is 78.6 cm³/mol. The maximum Gasteiger partial charge on any atom is 0.242 e. The fourth-order valence-electron chi connectivity index (χ4n) is 1.63. The van der Waals surface area contributed by atoms with Gasteiger partial charge in [-0.2, -0.15) is 5.10 Å². The zero-order chi connectivity index (χ0) is 15.8. The van der Waals surface area contributed by atoms with Crippen molar-refractivity contribution in [2.24, 2.45) is 10.8 Å². The van der Waals surface area contributed by atoms with Crippen LogP contribution in [0.2, 0.25) is 0 Å². The molecule has 114 valence electrons. The molecule has 0 radical (unpaired) electrons. The van der Waals surface area contributed by atoms with Crippen molar-refractivity contribution in [2.75, 3.05) is 14.2 Å². The third-order valence-corrected chi connectivity index (χ3v) is 2.69. The van der Waals surface area contributed by atoms with Gasteiger partial charge < -0.3 is 15.2 Å². The van der Waals surface area contributed by atoms with E-state index in [4.69, 9.17) is 15.2 Å². The smallest absolute Gasteiger partial charge is 0.242 e. The van der Waals surface area contributed by atoms with E-state index in [9.17, 15) is 9.59 Å². The van der Waals surface area contributed by atoms with Crippen LogP contribution in [0.5, 0.6) is 11.5 Å². The molecule has 0 saturated carbocycles. The Morgan fingerprint density at radius 1 is 1.33 bits per heavy atom. The summed E-state index contributed by atoms with van der Waals surface area (Å²) >= 11 is 0. The lowest BCUT2D eigenvalue weighted by molar-refractivity contribution is -0.124. The highest BCUT2D eigenvalue weighted by atomic mass is 16.5. The second-order valence-electron chi connectivity index (χ2n) is 4.36. The van der Waals surface area contributed by atoms with E-state index in [1.807, 2.05) is 0 Å². The molecular weight excluding hydrogens is 274 g/mol. The number of amides is 1. The van der Waals surface area contributed by atoms with Gasteiger partial charge in [0.05, 0.1) is 20.4 Å². The Labute approximate surface area is 123 Å². The number of hydrazone groups is 1. The first-order chi connectivity index (χ1) is 9.97. The SMILES string of the molecule is COc1ccc(C=NNC(CC(C)=O)C(N)=O)cc1OC. The lowest BCUT2D eigenvalue weighted by Gasteiger charge is -2.11. The standard InChI is InChI=1S/C14H19N3O4/c1-9(18)6-11(14(15)19)17-16-8-10-4-5-12(20-2)13(7-10)21-3/h4-5,7-8,11,17H,6H2,1-3H3,(H2,15,19).